The van der Waals surface area contributed by atoms with E-state index in [9.17, 15) is 0 Å². The van der Waals surface area contributed by atoms with Gasteiger partial charge >= 0.3 is 38.7 Å². The van der Waals surface area contributed by atoms with Crippen LogP contribution in [0.5, 0.6) is 0 Å². The van der Waals surface area contributed by atoms with Crippen LogP contribution in [0.2, 0.25) is 0 Å². The van der Waals surface area contributed by atoms with Crippen LogP contribution in [0.1, 0.15) is 0 Å². The van der Waals surface area contributed by atoms with Crippen LogP contribution in [-0.2, 0) is 81.7 Å². The SMILES string of the molecule is S[S][Mo].[Mo].[Pt].[Pt]. The molecule has 0 unspecified atom stereocenters. The van der Waals surface area contributed by atoms with Gasteiger partial charge in [0, 0.05) is 63.2 Å². The fourth-order valence-corrected chi connectivity index (χ4v) is 0. The number of thiol groups is 1. The Morgan fingerprint density at radius 1 is 1.33 bits per heavy atom. The van der Waals surface area contributed by atoms with Crippen molar-refractivity contribution < 1.29 is 81.7 Å². The minimum atomic E-state index is 0. The van der Waals surface area contributed by atoms with Gasteiger partial charge in [0.15, 0.2) is 0 Å². The third-order valence-electron chi connectivity index (χ3n) is 0. The number of rotatable bonds is 0. The second-order valence-corrected chi connectivity index (χ2v) is 3.97. The van der Waals surface area contributed by atoms with E-state index in [4.69, 9.17) is 0 Å². The van der Waals surface area contributed by atoms with Gasteiger partial charge in [0.1, 0.15) is 0 Å². The summed E-state index contributed by atoms with van der Waals surface area (Å²) in [5.74, 6) is 0. The summed E-state index contributed by atoms with van der Waals surface area (Å²) >= 11 is 5.56. The largest absolute Gasteiger partial charge is 0 e. The topological polar surface area (TPSA) is 0 Å². The molecule has 0 spiro atoms. The van der Waals surface area contributed by atoms with E-state index in [1.165, 1.54) is 8.50 Å². The van der Waals surface area contributed by atoms with Gasteiger partial charge in [0.25, 0.3) is 0 Å². The molecule has 6 heteroatoms. The molecule has 0 atom stereocenters. The molecule has 0 aromatic rings. The monoisotopic (exact) mass is 651 g/mol. The second-order valence-electron chi connectivity index (χ2n) is 0.0745. The molecule has 0 fully saturated rings. The molecular weight excluding hydrogens is 646 g/mol. The first kappa shape index (κ1) is 22.7. The van der Waals surface area contributed by atoms with Crippen molar-refractivity contribution in [2.45, 2.75) is 0 Å². The molecule has 0 bridgehead atoms. The molecule has 0 aromatic carbocycles. The van der Waals surface area contributed by atoms with Crippen molar-refractivity contribution >= 4 is 20.2 Å². The minimum absolute atomic E-state index is 0. The molecule has 0 aliphatic rings. The number of hydrogen-bond donors (Lipinski definition) is 1. The van der Waals surface area contributed by atoms with Crippen LogP contribution in [0, 0.1) is 0 Å². The molecule has 0 N–H and O–H groups in total. The van der Waals surface area contributed by atoms with Crippen molar-refractivity contribution in [3.05, 3.63) is 0 Å². The van der Waals surface area contributed by atoms with Crippen molar-refractivity contribution in [3.8, 4) is 0 Å². The first-order valence-corrected chi connectivity index (χ1v) is 4.60. The Balaban J connectivity index is -0.00000000667. The minimum Gasteiger partial charge on any atom is 0 e. The molecule has 0 heterocycles. The maximum absolute atomic E-state index is 3.71. The average molecular weight is 647 g/mol. The Labute approximate surface area is 99.9 Å². The predicted molar refractivity (Wildman–Crippen MR) is 16.6 cm³/mol. The molecule has 0 rings (SSSR count). The normalized spacial score (nSPS) is 2.83. The van der Waals surface area contributed by atoms with Crippen molar-refractivity contribution in [1.29, 1.82) is 0 Å². The smallest absolute Gasteiger partial charge is 0 e. The first-order valence-electron chi connectivity index (χ1n) is 0.349. The van der Waals surface area contributed by atoms with Crippen LogP contribution in [0.25, 0.3) is 0 Å². The van der Waals surface area contributed by atoms with Crippen LogP contribution in [0.15, 0.2) is 0 Å². The average Bonchev–Trinajstić information content (AvgIpc) is 0.918. The van der Waals surface area contributed by atoms with E-state index in [1.54, 1.807) is 0 Å². The fraction of sp³-hybridized carbons (Fsp3) is 0. The zero-order valence-electron chi connectivity index (χ0n) is 2.30. The molecule has 0 saturated carbocycles. The van der Waals surface area contributed by atoms with Crippen molar-refractivity contribution in [1.82, 2.24) is 0 Å². The Morgan fingerprint density at radius 3 is 1.33 bits per heavy atom. The second kappa shape index (κ2) is 23.7. The van der Waals surface area contributed by atoms with E-state index >= 15 is 0 Å². The van der Waals surface area contributed by atoms with E-state index in [-0.39, 0.29) is 63.2 Å². The van der Waals surface area contributed by atoms with E-state index < -0.39 is 0 Å². The summed E-state index contributed by atoms with van der Waals surface area (Å²) in [5, 5.41) is 0. The van der Waals surface area contributed by atoms with Gasteiger partial charge in [-0.15, -0.1) is 0 Å². The zero-order chi connectivity index (χ0) is 2.71. The van der Waals surface area contributed by atoms with E-state index in [0.717, 1.165) is 0 Å². The maximum Gasteiger partial charge on any atom is 0 e. The van der Waals surface area contributed by atoms with E-state index in [1.807, 2.05) is 18.5 Å². The van der Waals surface area contributed by atoms with Crippen molar-refractivity contribution in [2.75, 3.05) is 0 Å². The quantitative estimate of drug-likeness (QED) is 0.233. The third kappa shape index (κ3) is 26.0. The molecule has 45 valence electrons. The van der Waals surface area contributed by atoms with Gasteiger partial charge in [0.05, 0.1) is 0 Å². The fourth-order valence-electron chi connectivity index (χ4n) is 0. The van der Waals surface area contributed by atoms with Gasteiger partial charge < -0.3 is 0 Å². The summed E-state index contributed by atoms with van der Waals surface area (Å²) < 4.78 is 0. The Morgan fingerprint density at radius 2 is 1.33 bits per heavy atom. The standard InChI is InChI=1S/2Mo.2Pt.H2S2/c;;;;1-2/h;;;;1-2H/q;+1;;;/p-1. The Bertz CT molecular complexity index is 9.51. The Hall–Kier alpha value is 3.45. The molecule has 0 radical (unpaired) electrons. The van der Waals surface area contributed by atoms with Crippen LogP contribution in [0.3, 0.4) is 0 Å². The molecule has 0 aliphatic carbocycles. The van der Waals surface area contributed by atoms with Gasteiger partial charge in [-0.05, 0) is 0 Å². The first-order chi connectivity index (χ1) is 1.41. The summed E-state index contributed by atoms with van der Waals surface area (Å²) in [6.45, 7) is 0. The van der Waals surface area contributed by atoms with Crippen molar-refractivity contribution in [2.24, 2.45) is 0 Å². The van der Waals surface area contributed by atoms with Crippen LogP contribution >= 0.6 is 20.2 Å². The maximum atomic E-state index is 3.71. The van der Waals surface area contributed by atoms with Gasteiger partial charge in [0.2, 0.25) is 0 Å². The van der Waals surface area contributed by atoms with Crippen LogP contribution in [-0.4, -0.2) is 0 Å². The summed E-state index contributed by atoms with van der Waals surface area (Å²) in [5.41, 5.74) is 0. The zero-order valence-corrected chi connectivity index (χ0v) is 12.6. The van der Waals surface area contributed by atoms with Crippen molar-refractivity contribution in [3.63, 3.8) is 0 Å². The van der Waals surface area contributed by atoms with Crippen LogP contribution in [0.4, 0.5) is 0 Å². The summed E-state index contributed by atoms with van der Waals surface area (Å²) in [7, 11) is 1.45. The molecule has 0 saturated heterocycles. The molecule has 0 amide bonds. The van der Waals surface area contributed by atoms with Gasteiger partial charge in [-0.1, -0.05) is 0 Å². The van der Waals surface area contributed by atoms with Gasteiger partial charge in [-0.3, -0.25) is 0 Å². The summed E-state index contributed by atoms with van der Waals surface area (Å²) in [6, 6.07) is 0. The molecule has 0 aliphatic heterocycles. The molecule has 0 aromatic heterocycles. The van der Waals surface area contributed by atoms with Gasteiger partial charge in [-0.2, -0.15) is 0 Å². The predicted octanol–water partition coefficient (Wildman–Crippen LogP) is 1.02. The van der Waals surface area contributed by atoms with Crippen LogP contribution < -0.4 is 0 Å². The van der Waals surface area contributed by atoms with Gasteiger partial charge in [-0.25, -0.2) is 0 Å². The molecular formula is HMo2Pt2S2. The number of hydrogen-bond acceptors (Lipinski definition) is 2. The third-order valence-corrected chi connectivity index (χ3v) is 0. The van der Waals surface area contributed by atoms with E-state index in [2.05, 4.69) is 11.7 Å². The summed E-state index contributed by atoms with van der Waals surface area (Å²) in [4.78, 5) is 0. The Kier molecular flexibility index (Phi) is 89.6. The summed E-state index contributed by atoms with van der Waals surface area (Å²) in [6.07, 6.45) is 0. The molecule has 0 nitrogen and oxygen atoms in total. The molecule has 6 heavy (non-hydrogen) atoms. The van der Waals surface area contributed by atoms with E-state index in [0.29, 0.717) is 0 Å².